The van der Waals surface area contributed by atoms with Gasteiger partial charge in [0.15, 0.2) is 0 Å². The number of rotatable bonds is 4. The molecule has 7 heteroatoms. The number of benzene rings is 1. The zero-order valence-electron chi connectivity index (χ0n) is 16.8. The van der Waals surface area contributed by atoms with Crippen LogP contribution in [0.5, 0.6) is 5.75 Å². The monoisotopic (exact) mass is 417 g/mol. The summed E-state index contributed by atoms with van der Waals surface area (Å²) in [5, 5.41) is 1.04. The summed E-state index contributed by atoms with van der Waals surface area (Å²) in [6.07, 6.45) is 5.09. The maximum absolute atomic E-state index is 12.3. The van der Waals surface area contributed by atoms with Crippen LogP contribution >= 0.6 is 11.6 Å². The first-order chi connectivity index (χ1) is 13.9. The molecule has 3 fully saturated rings. The zero-order valence-corrected chi connectivity index (χ0v) is 17.6. The van der Waals surface area contributed by atoms with Gasteiger partial charge in [0, 0.05) is 22.6 Å². The van der Waals surface area contributed by atoms with E-state index in [-0.39, 0.29) is 16.8 Å². The van der Waals surface area contributed by atoms with Gasteiger partial charge in [0.25, 0.3) is 0 Å². The van der Waals surface area contributed by atoms with Crippen molar-refractivity contribution >= 4 is 34.4 Å². The Morgan fingerprint density at radius 3 is 2.21 bits per heavy atom. The van der Waals surface area contributed by atoms with E-state index < -0.39 is 5.97 Å². The molecule has 3 aliphatic rings. The van der Waals surface area contributed by atoms with Crippen LogP contribution in [-0.2, 0) is 19.7 Å². The van der Waals surface area contributed by atoms with Crippen LogP contribution < -0.4 is 4.74 Å². The van der Waals surface area contributed by atoms with Crippen LogP contribution in [0.4, 0.5) is 0 Å². The number of hydrogen-bond acceptors (Lipinski definition) is 6. The molecule has 6 nitrogen and oxygen atoms in total. The largest absolute Gasteiger partial charge is 0.496 e. The minimum absolute atomic E-state index is 0.0708. The molecule has 154 valence electrons. The average Bonchev–Trinajstić information content (AvgIpc) is 2.78. The van der Waals surface area contributed by atoms with Gasteiger partial charge in [0.1, 0.15) is 11.3 Å². The Balaban J connectivity index is 1.77. The van der Waals surface area contributed by atoms with Crippen LogP contribution in [0.1, 0.15) is 54.6 Å². The van der Waals surface area contributed by atoms with Crippen molar-refractivity contribution in [3.8, 4) is 5.75 Å². The quantitative estimate of drug-likeness (QED) is 0.684. The lowest BCUT2D eigenvalue weighted by Gasteiger charge is -2.51. The highest BCUT2D eigenvalue weighted by Gasteiger charge is 2.54. The van der Waals surface area contributed by atoms with Crippen molar-refractivity contribution in [2.24, 2.45) is 5.41 Å². The van der Waals surface area contributed by atoms with Crippen LogP contribution in [-0.4, -0.2) is 38.3 Å². The molecule has 0 spiro atoms. The van der Waals surface area contributed by atoms with Crippen LogP contribution in [0.2, 0.25) is 5.02 Å². The molecule has 0 N–H and O–H groups in total. The Hall–Kier alpha value is -2.34. The number of methoxy groups -OCH3 is 3. The smallest absolute Gasteiger partial charge is 0.342 e. The number of esters is 2. The van der Waals surface area contributed by atoms with Gasteiger partial charge in [-0.25, -0.2) is 4.79 Å². The number of nitrogens with zero attached hydrogens (tertiary/aromatic N) is 1. The SMILES string of the molecule is COC(=O)c1c(OC)cc(Cl)c2nc(C34CCC(C(=O)OC)(CC3)CC4)ccc12. The normalized spacial score (nSPS) is 25.7. The zero-order chi connectivity index (χ0) is 20.8. The first kappa shape index (κ1) is 20.0. The minimum Gasteiger partial charge on any atom is -0.496 e. The van der Waals surface area contributed by atoms with Gasteiger partial charge >= 0.3 is 11.9 Å². The fourth-order valence-electron chi connectivity index (χ4n) is 5.09. The molecule has 3 saturated carbocycles. The highest BCUT2D eigenvalue weighted by Crippen LogP contribution is 2.58. The van der Waals surface area contributed by atoms with Gasteiger partial charge in [-0.1, -0.05) is 11.6 Å². The Morgan fingerprint density at radius 2 is 1.66 bits per heavy atom. The van der Waals surface area contributed by atoms with E-state index in [1.165, 1.54) is 21.3 Å². The molecular formula is C22H24ClNO5. The molecule has 2 aromatic rings. The van der Waals surface area contributed by atoms with E-state index in [9.17, 15) is 9.59 Å². The van der Waals surface area contributed by atoms with E-state index in [4.69, 9.17) is 30.8 Å². The molecule has 1 heterocycles. The second-order valence-corrected chi connectivity index (χ2v) is 8.48. The molecule has 5 rings (SSSR count). The molecule has 1 aromatic carbocycles. The molecule has 0 amide bonds. The van der Waals surface area contributed by atoms with Crippen molar-refractivity contribution in [2.45, 2.75) is 43.9 Å². The van der Waals surface area contributed by atoms with Crippen LogP contribution in [0.15, 0.2) is 18.2 Å². The summed E-state index contributed by atoms with van der Waals surface area (Å²) < 4.78 is 15.3. The van der Waals surface area contributed by atoms with Gasteiger partial charge in [-0.05, 0) is 50.7 Å². The number of hydrogen-bond donors (Lipinski definition) is 0. The predicted octanol–water partition coefficient (Wildman–Crippen LogP) is 4.45. The topological polar surface area (TPSA) is 74.7 Å². The van der Waals surface area contributed by atoms with E-state index >= 15 is 0 Å². The van der Waals surface area contributed by atoms with E-state index in [0.29, 0.717) is 27.2 Å². The van der Waals surface area contributed by atoms with E-state index in [2.05, 4.69) is 0 Å². The number of pyridine rings is 1. The standard InChI is InChI=1S/C22H24ClNO5/c1-27-15-12-14(23)18-13(17(15)19(25)28-2)4-5-16(24-18)21-6-9-22(10-7-21,11-8-21)20(26)29-3/h4-5,12H,6-11H2,1-3H3. The summed E-state index contributed by atoms with van der Waals surface area (Å²) in [7, 11) is 4.29. The molecular weight excluding hydrogens is 394 g/mol. The summed E-state index contributed by atoms with van der Waals surface area (Å²) >= 11 is 6.50. The lowest BCUT2D eigenvalue weighted by atomic mass is 9.52. The summed E-state index contributed by atoms with van der Waals surface area (Å²) in [5.74, 6) is -0.218. The highest BCUT2D eigenvalue weighted by atomic mass is 35.5. The van der Waals surface area contributed by atoms with E-state index in [0.717, 1.165) is 44.2 Å². The summed E-state index contributed by atoms with van der Waals surface area (Å²) in [6.45, 7) is 0. The van der Waals surface area contributed by atoms with Gasteiger partial charge in [-0.3, -0.25) is 9.78 Å². The maximum Gasteiger partial charge on any atom is 0.342 e. The Kier molecular flexibility index (Phi) is 4.93. The molecule has 3 aliphatic carbocycles. The summed E-state index contributed by atoms with van der Waals surface area (Å²) in [4.78, 5) is 29.5. The number of carbonyl (C=O) groups is 2. The van der Waals surface area contributed by atoms with Crippen molar-refractivity contribution in [2.75, 3.05) is 21.3 Å². The number of aromatic nitrogens is 1. The molecule has 0 saturated heterocycles. The van der Waals surface area contributed by atoms with Gasteiger partial charge < -0.3 is 14.2 Å². The van der Waals surface area contributed by atoms with E-state index in [1.54, 1.807) is 6.07 Å². The van der Waals surface area contributed by atoms with Crippen molar-refractivity contribution in [3.05, 3.63) is 34.5 Å². The molecule has 0 radical (unpaired) electrons. The second-order valence-electron chi connectivity index (χ2n) is 8.07. The van der Waals surface area contributed by atoms with Crippen LogP contribution in [0, 0.1) is 5.41 Å². The molecule has 0 atom stereocenters. The second kappa shape index (κ2) is 7.17. The van der Waals surface area contributed by atoms with Gasteiger partial charge in [-0.15, -0.1) is 0 Å². The van der Waals surface area contributed by atoms with Crippen LogP contribution in [0.25, 0.3) is 10.9 Å². The lowest BCUT2D eigenvalue weighted by Crippen LogP contribution is -2.48. The number of ether oxygens (including phenoxy) is 3. The molecule has 0 aliphatic heterocycles. The Labute approximate surface area is 174 Å². The van der Waals surface area contributed by atoms with Crippen molar-refractivity contribution in [1.29, 1.82) is 0 Å². The van der Waals surface area contributed by atoms with Gasteiger partial charge in [0.05, 0.1) is 37.3 Å². The van der Waals surface area contributed by atoms with Gasteiger partial charge in [0.2, 0.25) is 0 Å². The third kappa shape index (κ3) is 2.96. The third-order valence-electron chi connectivity index (χ3n) is 6.91. The van der Waals surface area contributed by atoms with Crippen molar-refractivity contribution in [1.82, 2.24) is 4.98 Å². The van der Waals surface area contributed by atoms with Crippen molar-refractivity contribution in [3.63, 3.8) is 0 Å². The fraction of sp³-hybridized carbons (Fsp3) is 0.500. The lowest BCUT2D eigenvalue weighted by molar-refractivity contribution is -0.160. The first-order valence-electron chi connectivity index (χ1n) is 9.74. The number of carbonyl (C=O) groups excluding carboxylic acids is 2. The Morgan fingerprint density at radius 1 is 1.00 bits per heavy atom. The highest BCUT2D eigenvalue weighted by molar-refractivity contribution is 6.36. The summed E-state index contributed by atoms with van der Waals surface area (Å²) in [6, 6.07) is 5.46. The number of halogens is 1. The molecule has 0 unspecified atom stereocenters. The summed E-state index contributed by atoms with van der Waals surface area (Å²) in [5.41, 5.74) is 1.44. The van der Waals surface area contributed by atoms with E-state index in [1.807, 2.05) is 12.1 Å². The molecule has 2 bridgehead atoms. The maximum atomic E-state index is 12.3. The number of fused-ring (bicyclic) bond motifs is 4. The predicted molar refractivity (Wildman–Crippen MR) is 108 cm³/mol. The van der Waals surface area contributed by atoms with Crippen molar-refractivity contribution < 1.29 is 23.8 Å². The first-order valence-corrected chi connectivity index (χ1v) is 10.1. The molecule has 29 heavy (non-hydrogen) atoms. The van der Waals surface area contributed by atoms with Gasteiger partial charge in [-0.2, -0.15) is 0 Å². The minimum atomic E-state index is -0.491. The van der Waals surface area contributed by atoms with Crippen LogP contribution in [0.3, 0.4) is 0 Å². The average molecular weight is 418 g/mol. The molecule has 1 aromatic heterocycles. The third-order valence-corrected chi connectivity index (χ3v) is 7.20. The Bertz CT molecular complexity index is 978. The fourth-order valence-corrected chi connectivity index (χ4v) is 5.34.